The summed E-state index contributed by atoms with van der Waals surface area (Å²) in [6.07, 6.45) is 0.697. The standard InChI is InChI=1S/C50H58F3N5O7.C21H44O9/c1-4-58(5-2)43-17-18-45(44(34-43)46-33-41(19-20-54-46)48(60)56-35-38-12-8-16-42(32-38)50(51,52)53)57-49(61)40-15-7-11-37(31-40)13-9-22-62-24-26-64-28-29-65-27-25-63-23-21-55-47(59)39-14-6-10-36(3)30-39;1-3-4-5-23-8-9-25-12-13-27-16-17-29-20-21-30-19-18-28-15-14-26-11-10-24-7-6-22-2/h6-8,10-12,14-20,30-34H,4-5,9,13,21-29,35H2,1-3H3,(H,55,59)(H,56,60)(H,57,61);3-21H2,1-2H3. The Morgan fingerprint density at radius 3 is 1.44 bits per heavy atom. The average molecular weight is 1340 g/mol. The molecule has 0 aliphatic rings. The first-order valence-electron chi connectivity index (χ1n) is 32.8. The maximum absolute atomic E-state index is 13.7. The van der Waals surface area contributed by atoms with Crippen LogP contribution in [0.15, 0.2) is 109 Å². The minimum Gasteiger partial charge on any atom is -0.382 e. The van der Waals surface area contributed by atoms with E-state index in [1.165, 1.54) is 24.4 Å². The van der Waals surface area contributed by atoms with Gasteiger partial charge < -0.3 is 82.4 Å². The summed E-state index contributed by atoms with van der Waals surface area (Å²) in [6, 6.07) is 28.4. The molecule has 0 spiro atoms. The molecule has 5 aromatic rings. The second kappa shape index (κ2) is 51.7. The van der Waals surface area contributed by atoms with Gasteiger partial charge in [0.2, 0.25) is 0 Å². The fourth-order valence-electron chi connectivity index (χ4n) is 8.86. The van der Waals surface area contributed by atoms with Gasteiger partial charge in [0.05, 0.1) is 169 Å². The highest BCUT2D eigenvalue weighted by molar-refractivity contribution is 6.06. The van der Waals surface area contributed by atoms with Crippen molar-refractivity contribution in [3.8, 4) is 11.3 Å². The summed E-state index contributed by atoms with van der Waals surface area (Å²) in [5.74, 6) is -0.924. The number of unbranched alkanes of at least 4 members (excludes halogenated alkanes) is 1. The summed E-state index contributed by atoms with van der Waals surface area (Å²) in [5, 5.41) is 8.58. The molecule has 3 N–H and O–H groups in total. The van der Waals surface area contributed by atoms with E-state index in [0.717, 1.165) is 67.9 Å². The number of aryl methyl sites for hydroxylation is 2. The van der Waals surface area contributed by atoms with Gasteiger partial charge in [-0.05, 0) is 118 Å². The lowest BCUT2D eigenvalue weighted by atomic mass is 10.0. The SMILES string of the molecule is CCCCOCCOCCOCCOCCOCCOCCOCCOCCOC.CCN(CC)c1ccc(NC(=O)c2cccc(CCCOCCOCCOCCOCCNC(=O)c3cccc(C)c3)c2)c(-c2cc(C(=O)NCc3cccc(C(F)(F)F)c3)ccn2)c1. The van der Waals surface area contributed by atoms with E-state index in [0.29, 0.717) is 205 Å². The number of amides is 3. The number of nitrogens with one attached hydrogen (secondary N) is 3. The molecular weight excluding hydrogens is 1240 g/mol. The van der Waals surface area contributed by atoms with Crippen LogP contribution in [0.1, 0.15) is 93.4 Å². The van der Waals surface area contributed by atoms with Crippen molar-refractivity contribution in [1.29, 1.82) is 0 Å². The molecule has 1 heterocycles. The van der Waals surface area contributed by atoms with Crippen molar-refractivity contribution >= 4 is 29.1 Å². The van der Waals surface area contributed by atoms with E-state index in [1.54, 1.807) is 25.3 Å². The van der Waals surface area contributed by atoms with Crippen LogP contribution in [0.2, 0.25) is 0 Å². The van der Waals surface area contributed by atoms with Gasteiger partial charge in [-0.3, -0.25) is 19.4 Å². The first-order valence-corrected chi connectivity index (χ1v) is 32.8. The third-order valence-corrected chi connectivity index (χ3v) is 13.9. The van der Waals surface area contributed by atoms with Crippen molar-refractivity contribution in [2.45, 2.75) is 66.1 Å². The Hall–Kier alpha value is -6.49. The highest BCUT2D eigenvalue weighted by atomic mass is 19.4. The molecule has 528 valence electrons. The van der Waals surface area contributed by atoms with Crippen LogP contribution in [0.5, 0.6) is 0 Å². The number of alkyl halides is 3. The molecule has 0 saturated heterocycles. The Kier molecular flexibility index (Phi) is 44.1. The molecule has 0 radical (unpaired) electrons. The smallest absolute Gasteiger partial charge is 0.382 e. The van der Waals surface area contributed by atoms with E-state index in [1.807, 2.05) is 75.4 Å². The number of methoxy groups -OCH3 is 1. The Balaban J connectivity index is 0.000000538. The molecule has 24 heteroatoms. The Labute approximate surface area is 559 Å². The Morgan fingerprint density at radius 2 is 0.926 bits per heavy atom. The Morgan fingerprint density at radius 1 is 0.463 bits per heavy atom. The lowest BCUT2D eigenvalue weighted by molar-refractivity contribution is -0.137. The van der Waals surface area contributed by atoms with Crippen LogP contribution in [-0.2, 0) is 80.7 Å². The van der Waals surface area contributed by atoms with Gasteiger partial charge in [-0.25, -0.2) is 0 Å². The van der Waals surface area contributed by atoms with Crippen LogP contribution in [0.4, 0.5) is 24.5 Å². The fourth-order valence-corrected chi connectivity index (χ4v) is 8.86. The fraction of sp³-hybridized carbons (Fsp3) is 0.549. The van der Waals surface area contributed by atoms with Crippen LogP contribution < -0.4 is 20.9 Å². The molecular formula is C71H102F3N5O16. The summed E-state index contributed by atoms with van der Waals surface area (Å²) < 4.78 is 110. The highest BCUT2D eigenvalue weighted by Gasteiger charge is 2.30. The zero-order valence-electron chi connectivity index (χ0n) is 56.3. The maximum Gasteiger partial charge on any atom is 0.416 e. The summed E-state index contributed by atoms with van der Waals surface area (Å²) in [6.45, 7) is 23.4. The lowest BCUT2D eigenvalue weighted by Gasteiger charge is -2.23. The van der Waals surface area contributed by atoms with Gasteiger partial charge in [-0.1, -0.05) is 55.3 Å². The van der Waals surface area contributed by atoms with Crippen molar-refractivity contribution in [3.05, 3.63) is 148 Å². The van der Waals surface area contributed by atoms with Gasteiger partial charge in [0.1, 0.15) is 0 Å². The highest BCUT2D eigenvalue weighted by Crippen LogP contribution is 2.33. The lowest BCUT2D eigenvalue weighted by Crippen LogP contribution is -2.27. The zero-order valence-corrected chi connectivity index (χ0v) is 56.3. The minimum atomic E-state index is -4.49. The van der Waals surface area contributed by atoms with Gasteiger partial charge in [0.25, 0.3) is 17.7 Å². The predicted octanol–water partition coefficient (Wildman–Crippen LogP) is 10.1. The second-order valence-electron chi connectivity index (χ2n) is 21.3. The van der Waals surface area contributed by atoms with E-state index >= 15 is 0 Å². The summed E-state index contributed by atoms with van der Waals surface area (Å²) in [5.41, 5.74) is 5.33. The number of rotatable bonds is 53. The van der Waals surface area contributed by atoms with Gasteiger partial charge in [-0.2, -0.15) is 13.2 Å². The van der Waals surface area contributed by atoms with Crippen molar-refractivity contribution in [3.63, 3.8) is 0 Å². The quantitative estimate of drug-likeness (QED) is 0.0308. The third-order valence-electron chi connectivity index (χ3n) is 13.9. The number of hydrogen-bond acceptors (Lipinski definition) is 18. The normalized spacial score (nSPS) is 11.3. The first-order chi connectivity index (χ1) is 46.4. The predicted molar refractivity (Wildman–Crippen MR) is 359 cm³/mol. The molecule has 5 rings (SSSR count). The van der Waals surface area contributed by atoms with Crippen molar-refractivity contribution < 1.29 is 89.1 Å². The molecule has 0 saturated carbocycles. The van der Waals surface area contributed by atoms with Crippen LogP contribution in [-0.4, -0.2) is 215 Å². The molecule has 0 atom stereocenters. The summed E-state index contributed by atoms with van der Waals surface area (Å²) in [4.78, 5) is 45.8. The number of carbonyl (C=O) groups is 3. The molecule has 0 unspecified atom stereocenters. The van der Waals surface area contributed by atoms with Gasteiger partial charge in [0.15, 0.2) is 0 Å². The van der Waals surface area contributed by atoms with E-state index in [2.05, 4.69) is 32.8 Å². The van der Waals surface area contributed by atoms with Crippen LogP contribution in [0.25, 0.3) is 11.3 Å². The number of nitrogens with zero attached hydrogens (tertiary/aromatic N) is 2. The van der Waals surface area contributed by atoms with Crippen LogP contribution >= 0.6 is 0 Å². The third kappa shape index (κ3) is 37.0. The second-order valence-corrected chi connectivity index (χ2v) is 21.3. The molecule has 95 heavy (non-hydrogen) atoms. The van der Waals surface area contributed by atoms with Gasteiger partial charge >= 0.3 is 6.18 Å². The monoisotopic (exact) mass is 1340 g/mol. The van der Waals surface area contributed by atoms with E-state index < -0.39 is 17.6 Å². The van der Waals surface area contributed by atoms with Crippen molar-refractivity contribution in [1.82, 2.24) is 15.6 Å². The Bertz CT molecular complexity index is 2810. The number of benzene rings is 4. The number of anilines is 2. The summed E-state index contributed by atoms with van der Waals surface area (Å²) in [7, 11) is 1.65. The minimum absolute atomic E-state index is 0.0996. The average Bonchev–Trinajstić information content (AvgIpc) is 0.885. The molecule has 4 aromatic carbocycles. The van der Waals surface area contributed by atoms with Crippen LogP contribution in [0.3, 0.4) is 0 Å². The van der Waals surface area contributed by atoms with Crippen molar-refractivity contribution in [2.75, 3.05) is 202 Å². The van der Waals surface area contributed by atoms with E-state index in [9.17, 15) is 27.6 Å². The number of carbonyl (C=O) groups excluding carboxylic acids is 3. The van der Waals surface area contributed by atoms with Gasteiger partial charge in [0, 0.05) is 80.6 Å². The summed E-state index contributed by atoms with van der Waals surface area (Å²) >= 11 is 0. The van der Waals surface area contributed by atoms with E-state index in [-0.39, 0.29) is 23.9 Å². The van der Waals surface area contributed by atoms with Crippen LogP contribution in [0, 0.1) is 6.92 Å². The number of ether oxygens (including phenoxy) is 13. The first kappa shape index (κ1) is 80.9. The molecule has 0 fully saturated rings. The number of hydrogen-bond donors (Lipinski definition) is 3. The maximum atomic E-state index is 13.7. The molecule has 0 bridgehead atoms. The van der Waals surface area contributed by atoms with E-state index in [4.69, 9.17) is 61.6 Å². The number of halogens is 3. The molecule has 21 nitrogen and oxygen atoms in total. The molecule has 3 amide bonds. The van der Waals surface area contributed by atoms with Crippen molar-refractivity contribution in [2.24, 2.45) is 0 Å². The molecule has 0 aliphatic heterocycles. The largest absolute Gasteiger partial charge is 0.416 e. The topological polar surface area (TPSA) is 223 Å². The molecule has 0 aliphatic carbocycles. The number of aromatic nitrogens is 1. The number of pyridine rings is 1. The zero-order chi connectivity index (χ0) is 68.2. The van der Waals surface area contributed by atoms with Gasteiger partial charge in [-0.15, -0.1) is 0 Å². The molecule has 1 aromatic heterocycles.